The van der Waals surface area contributed by atoms with Gasteiger partial charge in [-0.15, -0.1) is 0 Å². The summed E-state index contributed by atoms with van der Waals surface area (Å²) in [7, 11) is 0. The molecule has 4 rings (SSSR count). The first-order chi connectivity index (χ1) is 16.1. The molecular formula is C22H19F3N6O2S. The number of alkyl halides is 3. The van der Waals surface area contributed by atoms with E-state index in [4.69, 9.17) is 0 Å². The SMILES string of the molecule is CC(C)n1c(SCC(=O)Nc2cc(C(F)(F)F)ccc2-n2cncn2)nc2ccccc2c1=O. The first kappa shape index (κ1) is 23.5. The van der Waals surface area contributed by atoms with Crippen LogP contribution >= 0.6 is 11.8 Å². The lowest BCUT2D eigenvalue weighted by Crippen LogP contribution is -2.25. The monoisotopic (exact) mass is 488 g/mol. The molecule has 0 aliphatic rings. The highest BCUT2D eigenvalue weighted by atomic mass is 32.2. The molecule has 0 atom stereocenters. The summed E-state index contributed by atoms with van der Waals surface area (Å²) in [5.74, 6) is -0.742. The number of amides is 1. The zero-order valence-electron chi connectivity index (χ0n) is 18.1. The Kier molecular flexibility index (Phi) is 6.42. The van der Waals surface area contributed by atoms with Crippen molar-refractivity contribution in [2.75, 3.05) is 11.1 Å². The molecule has 0 radical (unpaired) electrons. The lowest BCUT2D eigenvalue weighted by Gasteiger charge is -2.17. The number of aromatic nitrogens is 5. The fourth-order valence-electron chi connectivity index (χ4n) is 3.34. The second-order valence-electron chi connectivity index (χ2n) is 7.59. The number of nitrogens with one attached hydrogen (secondary N) is 1. The number of hydrogen-bond acceptors (Lipinski definition) is 6. The summed E-state index contributed by atoms with van der Waals surface area (Å²) in [4.78, 5) is 34.0. The van der Waals surface area contributed by atoms with Crippen LogP contribution in [0.25, 0.3) is 16.6 Å². The average Bonchev–Trinajstić information content (AvgIpc) is 3.31. The maximum absolute atomic E-state index is 13.2. The van der Waals surface area contributed by atoms with Crippen molar-refractivity contribution in [3.8, 4) is 5.69 Å². The van der Waals surface area contributed by atoms with Gasteiger partial charge in [0.15, 0.2) is 5.16 Å². The lowest BCUT2D eigenvalue weighted by atomic mass is 10.1. The second-order valence-corrected chi connectivity index (χ2v) is 8.53. The van der Waals surface area contributed by atoms with Crippen LogP contribution in [0.2, 0.25) is 0 Å². The van der Waals surface area contributed by atoms with E-state index in [0.717, 1.165) is 23.9 Å². The van der Waals surface area contributed by atoms with E-state index < -0.39 is 17.6 Å². The van der Waals surface area contributed by atoms with Crippen LogP contribution in [0.4, 0.5) is 18.9 Å². The first-order valence-corrected chi connectivity index (χ1v) is 11.1. The van der Waals surface area contributed by atoms with Gasteiger partial charge in [0.1, 0.15) is 12.7 Å². The molecular weight excluding hydrogens is 469 g/mol. The number of anilines is 1. The number of carbonyl (C=O) groups is 1. The van der Waals surface area contributed by atoms with Gasteiger partial charge in [0.2, 0.25) is 5.91 Å². The van der Waals surface area contributed by atoms with E-state index in [1.54, 1.807) is 24.3 Å². The van der Waals surface area contributed by atoms with Gasteiger partial charge >= 0.3 is 6.18 Å². The number of halogens is 3. The van der Waals surface area contributed by atoms with E-state index in [2.05, 4.69) is 20.4 Å². The molecule has 34 heavy (non-hydrogen) atoms. The van der Waals surface area contributed by atoms with Crippen molar-refractivity contribution in [3.63, 3.8) is 0 Å². The third kappa shape index (κ3) is 4.81. The Hall–Kier alpha value is -3.67. The number of fused-ring (bicyclic) bond motifs is 1. The summed E-state index contributed by atoms with van der Waals surface area (Å²) < 4.78 is 42.5. The zero-order valence-corrected chi connectivity index (χ0v) is 18.9. The minimum Gasteiger partial charge on any atom is -0.323 e. The second kappa shape index (κ2) is 9.29. The number of para-hydroxylation sites is 1. The van der Waals surface area contributed by atoms with Crippen molar-refractivity contribution in [1.29, 1.82) is 0 Å². The first-order valence-electron chi connectivity index (χ1n) is 10.2. The molecule has 1 N–H and O–H groups in total. The Morgan fingerprint density at radius 2 is 1.94 bits per heavy atom. The lowest BCUT2D eigenvalue weighted by molar-refractivity contribution is -0.137. The Morgan fingerprint density at radius 1 is 1.18 bits per heavy atom. The van der Waals surface area contributed by atoms with Crippen molar-refractivity contribution < 1.29 is 18.0 Å². The predicted octanol–water partition coefficient (Wildman–Crippen LogP) is 4.31. The van der Waals surface area contributed by atoms with Gasteiger partial charge in [0.05, 0.1) is 33.6 Å². The molecule has 2 heterocycles. The number of thioether (sulfide) groups is 1. The van der Waals surface area contributed by atoms with Gasteiger partial charge in [-0.1, -0.05) is 23.9 Å². The van der Waals surface area contributed by atoms with Gasteiger partial charge in [-0.05, 0) is 44.2 Å². The molecule has 0 bridgehead atoms. The maximum Gasteiger partial charge on any atom is 0.416 e. The Bertz CT molecular complexity index is 1400. The molecule has 176 valence electrons. The van der Waals surface area contributed by atoms with E-state index in [1.807, 2.05) is 13.8 Å². The smallest absolute Gasteiger partial charge is 0.323 e. The average molecular weight is 488 g/mol. The molecule has 8 nitrogen and oxygen atoms in total. The molecule has 4 aromatic rings. The molecule has 0 aliphatic heterocycles. The van der Waals surface area contributed by atoms with Gasteiger partial charge < -0.3 is 5.32 Å². The molecule has 0 saturated heterocycles. The molecule has 0 spiro atoms. The molecule has 0 saturated carbocycles. The third-order valence-electron chi connectivity index (χ3n) is 4.89. The van der Waals surface area contributed by atoms with Crippen LogP contribution < -0.4 is 10.9 Å². The summed E-state index contributed by atoms with van der Waals surface area (Å²) >= 11 is 1.03. The molecule has 2 aromatic carbocycles. The number of carbonyl (C=O) groups excluding carboxylic acids is 1. The summed E-state index contributed by atoms with van der Waals surface area (Å²) in [5, 5.41) is 7.25. The van der Waals surface area contributed by atoms with E-state index in [-0.39, 0.29) is 28.7 Å². The zero-order chi connectivity index (χ0) is 24.5. The molecule has 0 aliphatic carbocycles. The molecule has 0 fully saturated rings. The van der Waals surface area contributed by atoms with Crippen LogP contribution in [0.3, 0.4) is 0 Å². The minimum atomic E-state index is -4.59. The van der Waals surface area contributed by atoms with E-state index in [0.29, 0.717) is 16.1 Å². The van der Waals surface area contributed by atoms with E-state index in [1.165, 1.54) is 28.0 Å². The van der Waals surface area contributed by atoms with Gasteiger partial charge in [0.25, 0.3) is 5.56 Å². The van der Waals surface area contributed by atoms with Crippen molar-refractivity contribution in [3.05, 3.63) is 71.0 Å². The van der Waals surface area contributed by atoms with E-state index >= 15 is 0 Å². The normalized spacial score (nSPS) is 11.8. The number of hydrogen-bond donors (Lipinski definition) is 1. The van der Waals surface area contributed by atoms with Crippen LogP contribution in [-0.2, 0) is 11.0 Å². The van der Waals surface area contributed by atoms with Crippen molar-refractivity contribution in [2.24, 2.45) is 0 Å². The van der Waals surface area contributed by atoms with Crippen LogP contribution in [0.15, 0.2) is 65.1 Å². The Morgan fingerprint density at radius 3 is 2.62 bits per heavy atom. The van der Waals surface area contributed by atoms with Gasteiger partial charge in [-0.25, -0.2) is 14.6 Å². The van der Waals surface area contributed by atoms with E-state index in [9.17, 15) is 22.8 Å². The highest BCUT2D eigenvalue weighted by Crippen LogP contribution is 2.33. The summed E-state index contributed by atoms with van der Waals surface area (Å²) in [6.45, 7) is 3.66. The summed E-state index contributed by atoms with van der Waals surface area (Å²) in [6, 6.07) is 9.65. The standard InChI is InChI=1S/C22H19F3N6O2S/c1-13(2)31-20(33)15-5-3-4-6-16(15)29-21(31)34-10-19(32)28-17-9-14(22(23,24)25)7-8-18(17)30-12-26-11-27-30/h3-9,11-13H,10H2,1-2H3,(H,28,32). The maximum atomic E-state index is 13.2. The van der Waals surface area contributed by atoms with Crippen molar-refractivity contribution in [2.45, 2.75) is 31.2 Å². The molecule has 0 unspecified atom stereocenters. The van der Waals surface area contributed by atoms with Gasteiger partial charge in [-0.3, -0.25) is 14.2 Å². The summed E-state index contributed by atoms with van der Waals surface area (Å²) in [6.07, 6.45) is -2.04. The van der Waals surface area contributed by atoms with Crippen molar-refractivity contribution >= 4 is 34.3 Å². The van der Waals surface area contributed by atoms with Crippen LogP contribution in [0.1, 0.15) is 25.5 Å². The molecule has 2 aromatic heterocycles. The van der Waals surface area contributed by atoms with Gasteiger partial charge in [0, 0.05) is 6.04 Å². The minimum absolute atomic E-state index is 0.0707. The quantitative estimate of drug-likeness (QED) is 0.321. The number of nitrogens with zero attached hydrogens (tertiary/aromatic N) is 5. The number of benzene rings is 2. The Balaban J connectivity index is 1.61. The Labute approximate surface area is 195 Å². The van der Waals surface area contributed by atoms with Crippen molar-refractivity contribution in [1.82, 2.24) is 24.3 Å². The number of rotatable bonds is 6. The fraction of sp³-hybridized carbons (Fsp3) is 0.227. The van der Waals surface area contributed by atoms with Crippen LogP contribution in [0, 0.1) is 0 Å². The highest BCUT2D eigenvalue weighted by molar-refractivity contribution is 7.99. The van der Waals surface area contributed by atoms with Crippen LogP contribution in [-0.4, -0.2) is 36.0 Å². The van der Waals surface area contributed by atoms with Gasteiger partial charge in [-0.2, -0.15) is 18.3 Å². The topological polar surface area (TPSA) is 94.7 Å². The third-order valence-corrected chi connectivity index (χ3v) is 5.84. The summed E-state index contributed by atoms with van der Waals surface area (Å²) in [5.41, 5.74) is -0.483. The predicted molar refractivity (Wildman–Crippen MR) is 122 cm³/mol. The fourth-order valence-corrected chi connectivity index (χ4v) is 4.27. The largest absolute Gasteiger partial charge is 0.416 e. The molecule has 1 amide bonds. The highest BCUT2D eigenvalue weighted by Gasteiger charge is 2.31. The van der Waals surface area contributed by atoms with Crippen LogP contribution in [0.5, 0.6) is 0 Å². The molecule has 12 heteroatoms.